The number of nitrogens with zero attached hydrogens (tertiary/aromatic N) is 2. The molecule has 0 saturated heterocycles. The van der Waals surface area contributed by atoms with Crippen molar-refractivity contribution in [2.75, 3.05) is 11.4 Å². The summed E-state index contributed by atoms with van der Waals surface area (Å²) in [4.78, 5) is 55.3. The van der Waals surface area contributed by atoms with Crippen molar-refractivity contribution in [3.8, 4) is 0 Å². The first-order valence-corrected chi connectivity index (χ1v) is 10.1. The van der Waals surface area contributed by atoms with Gasteiger partial charge in [0.15, 0.2) is 0 Å². The summed E-state index contributed by atoms with van der Waals surface area (Å²) >= 11 is 0. The summed E-state index contributed by atoms with van der Waals surface area (Å²) in [7, 11) is 0. The van der Waals surface area contributed by atoms with Gasteiger partial charge in [0.2, 0.25) is 0 Å². The first-order valence-electron chi connectivity index (χ1n) is 10.1. The zero-order chi connectivity index (χ0) is 21.9. The molecule has 0 saturated carbocycles. The number of hydrogen-bond donors (Lipinski definition) is 1. The minimum absolute atomic E-state index is 0.158. The number of carbonyl (C=O) groups excluding carboxylic acids is 4. The van der Waals surface area contributed by atoms with Crippen LogP contribution in [0.25, 0.3) is 10.8 Å². The number of hydrogen-bond acceptors (Lipinski definition) is 5. The molecule has 0 radical (unpaired) electrons. The number of amides is 4. The van der Waals surface area contributed by atoms with Gasteiger partial charge < -0.3 is 5.73 Å². The Morgan fingerprint density at radius 2 is 1.16 bits per heavy atom. The Morgan fingerprint density at radius 3 is 1.58 bits per heavy atom. The van der Waals surface area contributed by atoms with Crippen LogP contribution in [0.15, 0.2) is 54.6 Å². The summed E-state index contributed by atoms with van der Waals surface area (Å²) in [5.41, 5.74) is 7.45. The Labute approximate surface area is 178 Å². The maximum absolute atomic E-state index is 13.3. The summed E-state index contributed by atoms with van der Waals surface area (Å²) in [6, 6.07) is 14.5. The number of nitrogens with two attached hydrogens (primary N) is 1. The highest BCUT2D eigenvalue weighted by Crippen LogP contribution is 2.39. The van der Waals surface area contributed by atoms with Gasteiger partial charge in [0.25, 0.3) is 23.6 Å². The van der Waals surface area contributed by atoms with Crippen LogP contribution in [0, 0.1) is 0 Å². The van der Waals surface area contributed by atoms with E-state index in [1.165, 1.54) is 4.90 Å². The second-order valence-corrected chi connectivity index (χ2v) is 7.63. The molecular weight excluding hydrogens is 394 g/mol. The average Bonchev–Trinajstić information content (AvgIpc) is 2.79. The topological polar surface area (TPSA) is 101 Å². The summed E-state index contributed by atoms with van der Waals surface area (Å²) in [5, 5.41) is 0.724. The van der Waals surface area contributed by atoms with E-state index in [-0.39, 0.29) is 6.54 Å². The highest BCUT2D eigenvalue weighted by atomic mass is 16.2. The van der Waals surface area contributed by atoms with Crippen molar-refractivity contribution >= 4 is 40.1 Å². The van der Waals surface area contributed by atoms with Crippen LogP contribution in [0.4, 0.5) is 5.69 Å². The van der Waals surface area contributed by atoms with E-state index in [1.807, 2.05) is 6.92 Å². The Morgan fingerprint density at radius 1 is 0.710 bits per heavy atom. The maximum atomic E-state index is 13.3. The van der Waals surface area contributed by atoms with Gasteiger partial charge in [-0.25, -0.2) is 4.90 Å². The van der Waals surface area contributed by atoms with Gasteiger partial charge in [0, 0.05) is 39.6 Å². The average molecular weight is 413 g/mol. The fourth-order valence-electron chi connectivity index (χ4n) is 4.49. The number of benzene rings is 3. The first kappa shape index (κ1) is 19.1. The number of para-hydroxylation sites is 1. The van der Waals surface area contributed by atoms with Gasteiger partial charge in [-0.15, -0.1) is 0 Å². The van der Waals surface area contributed by atoms with Crippen molar-refractivity contribution in [3.05, 3.63) is 76.9 Å². The third kappa shape index (κ3) is 2.50. The molecule has 2 N–H and O–H groups in total. The van der Waals surface area contributed by atoms with E-state index < -0.39 is 29.7 Å². The van der Waals surface area contributed by atoms with Crippen LogP contribution in [0.3, 0.4) is 0 Å². The molecule has 2 aliphatic rings. The third-order valence-electron chi connectivity index (χ3n) is 6.05. The molecule has 0 fully saturated rings. The second-order valence-electron chi connectivity index (χ2n) is 7.63. The Bertz CT molecular complexity index is 1220. The lowest BCUT2D eigenvalue weighted by atomic mass is 9.85. The Kier molecular flexibility index (Phi) is 4.23. The van der Waals surface area contributed by atoms with Gasteiger partial charge in [-0.05, 0) is 42.8 Å². The summed E-state index contributed by atoms with van der Waals surface area (Å²) in [5.74, 6) is -1.88. The van der Waals surface area contributed by atoms with Crippen LogP contribution in [0.2, 0.25) is 0 Å². The summed E-state index contributed by atoms with van der Waals surface area (Å²) < 4.78 is 0. The van der Waals surface area contributed by atoms with Crippen molar-refractivity contribution in [1.29, 1.82) is 0 Å². The van der Waals surface area contributed by atoms with Gasteiger partial charge in [-0.3, -0.25) is 24.1 Å². The highest BCUT2D eigenvalue weighted by Gasteiger charge is 2.41. The molecule has 0 aromatic heterocycles. The first-order chi connectivity index (χ1) is 15.0. The smallest absolute Gasteiger partial charge is 0.265 e. The molecule has 0 aliphatic carbocycles. The zero-order valence-corrected chi connectivity index (χ0v) is 16.8. The lowest BCUT2D eigenvalue weighted by molar-refractivity contribution is 0.0538. The van der Waals surface area contributed by atoms with Gasteiger partial charge in [0.1, 0.15) is 0 Å². The lowest BCUT2D eigenvalue weighted by Crippen LogP contribution is -2.50. The zero-order valence-electron chi connectivity index (χ0n) is 16.8. The monoisotopic (exact) mass is 413 g/mol. The molecule has 1 atom stereocenters. The van der Waals surface area contributed by atoms with E-state index in [2.05, 4.69) is 0 Å². The molecule has 7 nitrogen and oxygen atoms in total. The molecule has 31 heavy (non-hydrogen) atoms. The minimum Gasteiger partial charge on any atom is -0.328 e. The van der Waals surface area contributed by atoms with E-state index >= 15 is 0 Å². The Hall–Kier alpha value is -3.84. The third-order valence-corrected chi connectivity index (χ3v) is 6.05. The largest absolute Gasteiger partial charge is 0.328 e. The lowest BCUT2D eigenvalue weighted by Gasteiger charge is -2.34. The van der Waals surface area contributed by atoms with Crippen molar-refractivity contribution in [2.24, 2.45) is 5.73 Å². The predicted molar refractivity (Wildman–Crippen MR) is 115 cm³/mol. The van der Waals surface area contributed by atoms with Crippen LogP contribution in [0.1, 0.15) is 54.8 Å². The number of rotatable bonds is 4. The molecule has 2 heterocycles. The number of anilines is 1. The van der Waals surface area contributed by atoms with Crippen LogP contribution >= 0.6 is 0 Å². The molecule has 154 valence electrons. The minimum atomic E-state index is -0.483. The predicted octanol–water partition coefficient (Wildman–Crippen LogP) is 2.97. The van der Waals surface area contributed by atoms with Crippen LogP contribution in [0.5, 0.6) is 0 Å². The molecule has 2 aliphatic heterocycles. The van der Waals surface area contributed by atoms with Crippen LogP contribution in [-0.2, 0) is 0 Å². The molecule has 4 amide bonds. The van der Waals surface area contributed by atoms with Gasteiger partial charge in [-0.2, -0.15) is 0 Å². The van der Waals surface area contributed by atoms with E-state index in [1.54, 1.807) is 54.6 Å². The fraction of sp³-hybridized carbons (Fsp3) is 0.167. The second kappa shape index (κ2) is 6.85. The van der Waals surface area contributed by atoms with Crippen molar-refractivity contribution in [3.63, 3.8) is 0 Å². The van der Waals surface area contributed by atoms with Gasteiger partial charge >= 0.3 is 0 Å². The molecular formula is C24H19N3O4. The van der Waals surface area contributed by atoms with Gasteiger partial charge in [0.05, 0.1) is 11.7 Å². The molecule has 0 bridgehead atoms. The molecule has 5 rings (SSSR count). The quantitative estimate of drug-likeness (QED) is 0.663. The van der Waals surface area contributed by atoms with E-state index in [0.29, 0.717) is 45.1 Å². The van der Waals surface area contributed by atoms with Crippen LogP contribution < -0.4 is 10.6 Å². The standard InChI is InChI=1S/C24H19N3O4/c1-2-13(12-25)26-21(28)15-8-10-17-20-18(11-9-16(19(15)20)22(26)29)24(31)27(23(17)30)14-6-4-3-5-7-14/h3-11,13H,2,12,25H2,1H3. The molecule has 3 aromatic rings. The van der Waals surface area contributed by atoms with Crippen molar-refractivity contribution in [2.45, 2.75) is 19.4 Å². The highest BCUT2D eigenvalue weighted by molar-refractivity contribution is 6.39. The number of carbonyl (C=O) groups is 4. The van der Waals surface area contributed by atoms with E-state index in [9.17, 15) is 19.2 Å². The van der Waals surface area contributed by atoms with Crippen molar-refractivity contribution in [1.82, 2.24) is 4.90 Å². The van der Waals surface area contributed by atoms with Gasteiger partial charge in [-0.1, -0.05) is 25.1 Å². The molecule has 3 aromatic carbocycles. The van der Waals surface area contributed by atoms with Crippen molar-refractivity contribution < 1.29 is 19.2 Å². The van der Waals surface area contributed by atoms with E-state index in [4.69, 9.17) is 5.73 Å². The molecule has 1 unspecified atom stereocenters. The SMILES string of the molecule is CCC(CN)N1C(=O)c2ccc3c4c(ccc(c24)C1=O)C(=O)N(c1ccccc1)C3=O. The van der Waals surface area contributed by atoms with Crippen LogP contribution in [-0.4, -0.2) is 41.1 Å². The Balaban J connectivity index is 1.75. The normalized spacial score (nSPS) is 16.3. The fourth-order valence-corrected chi connectivity index (χ4v) is 4.49. The summed E-state index contributed by atoms with van der Waals surface area (Å²) in [6.45, 7) is 2.02. The molecule has 0 spiro atoms. The van der Waals surface area contributed by atoms with E-state index in [0.717, 1.165) is 4.90 Å². The maximum Gasteiger partial charge on any atom is 0.265 e. The molecule has 7 heteroatoms. The summed E-state index contributed by atoms with van der Waals surface area (Å²) in [6.07, 6.45) is 0.533. The number of imide groups is 2.